The number of phenols is 1. The number of benzene rings is 3. The first-order valence-electron chi connectivity index (χ1n) is 25.0. The highest BCUT2D eigenvalue weighted by molar-refractivity contribution is 6.09. The largest absolute Gasteiger partial charge is 0.508 e. The van der Waals surface area contributed by atoms with E-state index in [1.165, 1.54) is 36.4 Å². The molecule has 0 unspecified atom stereocenters. The van der Waals surface area contributed by atoms with Crippen LogP contribution in [0.25, 0.3) is 33.4 Å². The second kappa shape index (κ2) is 36.1. The normalized spacial score (nSPS) is 12.6. The molecular weight excluding hydrogens is 1000 g/mol. The molecule has 3 aliphatic rings. The van der Waals surface area contributed by atoms with Gasteiger partial charge in [-0.25, -0.2) is 9.59 Å². The van der Waals surface area contributed by atoms with Crippen molar-refractivity contribution in [2.24, 2.45) is 0 Å². The number of nitrogens with zero attached hydrogens (tertiary/aromatic N) is 1. The minimum atomic E-state index is -1.25. The van der Waals surface area contributed by atoms with Crippen molar-refractivity contribution in [3.05, 3.63) is 75.9 Å². The van der Waals surface area contributed by atoms with Crippen molar-refractivity contribution >= 4 is 40.6 Å². The molecule has 76 heavy (non-hydrogen) atoms. The maximum atomic E-state index is 13.0. The van der Waals surface area contributed by atoms with E-state index in [9.17, 15) is 39.0 Å². The number of aromatic carboxylic acids is 1. The minimum absolute atomic E-state index is 0.0461. The molecule has 24 heteroatoms. The molecule has 1 saturated heterocycles. The highest BCUT2D eigenvalue weighted by atomic mass is 16.7. The lowest BCUT2D eigenvalue weighted by Gasteiger charge is -2.17. The lowest BCUT2D eigenvalue weighted by atomic mass is 9.90. The Morgan fingerprint density at radius 2 is 0.947 bits per heavy atom. The van der Waals surface area contributed by atoms with Gasteiger partial charge in [-0.3, -0.25) is 19.2 Å². The number of phenolic OH excluding ortho intramolecular Hbond substituents is 1. The van der Waals surface area contributed by atoms with Gasteiger partial charge in [0.25, 0.3) is 17.7 Å². The minimum Gasteiger partial charge on any atom is -0.508 e. The van der Waals surface area contributed by atoms with E-state index in [1.807, 2.05) is 0 Å². The van der Waals surface area contributed by atoms with Gasteiger partial charge >= 0.3 is 11.9 Å². The lowest BCUT2D eigenvalue weighted by Crippen LogP contribution is -2.32. The molecule has 2 aromatic rings. The quantitative estimate of drug-likeness (QED) is 0.0326. The number of hydroxylamine groups is 2. The van der Waals surface area contributed by atoms with Crippen molar-refractivity contribution in [2.75, 3.05) is 165 Å². The summed E-state index contributed by atoms with van der Waals surface area (Å²) in [6.07, 6.45) is 0.00236. The van der Waals surface area contributed by atoms with Crippen LogP contribution in [0.2, 0.25) is 0 Å². The van der Waals surface area contributed by atoms with E-state index in [1.54, 1.807) is 18.2 Å². The molecule has 5 rings (SSSR count). The van der Waals surface area contributed by atoms with Gasteiger partial charge in [-0.05, 0) is 42.0 Å². The lowest BCUT2D eigenvalue weighted by molar-refractivity contribution is -0.198. The first kappa shape index (κ1) is 60.9. The number of aromatic hydroxyl groups is 1. The zero-order valence-corrected chi connectivity index (χ0v) is 42.5. The first-order chi connectivity index (χ1) is 37.1. The maximum Gasteiger partial charge on any atom is 0.336 e. The highest BCUT2D eigenvalue weighted by Crippen LogP contribution is 2.42. The molecule has 0 radical (unpaired) electrons. The third-order valence-corrected chi connectivity index (χ3v) is 10.7. The highest BCUT2D eigenvalue weighted by Gasteiger charge is 2.32. The monoisotopic (exact) mass is 1070 g/mol. The Morgan fingerprint density at radius 3 is 1.41 bits per heavy atom. The van der Waals surface area contributed by atoms with Gasteiger partial charge in [0.2, 0.25) is 0 Å². The molecule has 0 saturated carbocycles. The van der Waals surface area contributed by atoms with Crippen molar-refractivity contribution in [1.82, 2.24) is 10.4 Å². The predicted octanol–water partition coefficient (Wildman–Crippen LogP) is 2.89. The van der Waals surface area contributed by atoms with Crippen LogP contribution in [-0.4, -0.2) is 210 Å². The predicted molar refractivity (Wildman–Crippen MR) is 267 cm³/mol. The van der Waals surface area contributed by atoms with Gasteiger partial charge in [0, 0.05) is 53.6 Å². The van der Waals surface area contributed by atoms with Crippen LogP contribution < -0.4 is 10.7 Å². The van der Waals surface area contributed by atoms with E-state index < -0.39 is 29.7 Å². The smallest absolute Gasteiger partial charge is 0.336 e. The first-order valence-corrected chi connectivity index (χ1v) is 25.0. The fraction of sp³-hybridized carbons (Fsp3) is 0.538. The van der Waals surface area contributed by atoms with Gasteiger partial charge in [-0.2, -0.15) is 0 Å². The molecule has 0 atom stereocenters. The molecule has 418 valence electrons. The molecule has 0 spiro atoms. The number of carbonyl (C=O) groups is 5. The number of carbonyl (C=O) groups excluding carboxylic acids is 4. The molecule has 2 heterocycles. The van der Waals surface area contributed by atoms with Crippen LogP contribution in [0, 0.1) is 0 Å². The van der Waals surface area contributed by atoms with Crippen LogP contribution in [0.3, 0.4) is 0 Å². The van der Waals surface area contributed by atoms with Gasteiger partial charge in [-0.15, -0.1) is 5.06 Å². The van der Waals surface area contributed by atoms with Crippen LogP contribution in [0.1, 0.15) is 40.0 Å². The summed E-state index contributed by atoms with van der Waals surface area (Å²) in [6.45, 7) is 9.19. The Balaban J connectivity index is 0.721. The molecule has 3 N–H and O–H groups in total. The van der Waals surface area contributed by atoms with Crippen molar-refractivity contribution in [3.8, 4) is 28.2 Å². The molecule has 2 aliphatic heterocycles. The van der Waals surface area contributed by atoms with E-state index in [0.29, 0.717) is 166 Å². The summed E-state index contributed by atoms with van der Waals surface area (Å²) < 4.78 is 71.5. The molecule has 1 aliphatic carbocycles. The van der Waals surface area contributed by atoms with Gasteiger partial charge < -0.3 is 81.6 Å². The molecule has 1 fully saturated rings. The number of fused-ring (bicyclic) bond motifs is 2. The van der Waals surface area contributed by atoms with Crippen LogP contribution in [0.5, 0.6) is 5.75 Å². The van der Waals surface area contributed by atoms with Crippen LogP contribution in [0.4, 0.5) is 0 Å². The van der Waals surface area contributed by atoms with Gasteiger partial charge in [0.05, 0.1) is 171 Å². The summed E-state index contributed by atoms with van der Waals surface area (Å²) in [5, 5.41) is 24.0. The molecule has 3 amide bonds. The third kappa shape index (κ3) is 22.7. The summed E-state index contributed by atoms with van der Waals surface area (Å²) in [4.78, 5) is 76.9. The molecule has 24 nitrogen and oxygen atoms in total. The Morgan fingerprint density at radius 1 is 0.513 bits per heavy atom. The fourth-order valence-corrected chi connectivity index (χ4v) is 7.05. The van der Waals surface area contributed by atoms with Crippen molar-refractivity contribution < 1.29 is 100 Å². The number of ether oxygens (including phenoxy) is 12. The van der Waals surface area contributed by atoms with E-state index >= 15 is 0 Å². The van der Waals surface area contributed by atoms with Crippen LogP contribution >= 0.6 is 0 Å². The van der Waals surface area contributed by atoms with E-state index in [4.69, 9.17) is 66.1 Å². The summed E-state index contributed by atoms with van der Waals surface area (Å²) in [6, 6.07) is 13.0. The summed E-state index contributed by atoms with van der Waals surface area (Å²) >= 11 is 0. The maximum absolute atomic E-state index is 13.0. The average Bonchev–Trinajstić information content (AvgIpc) is 3.72. The Labute approximate surface area is 438 Å². The summed E-state index contributed by atoms with van der Waals surface area (Å²) in [5.41, 5.74) is 1.26. The number of carboxylic acid groups (broad SMARTS) is 1. The SMILES string of the molecule is O=C(CCOCCOCCOCCOCCOCCOCCOCCOCCOCCOCCOCCOCCNC(=O)c1ccc(-c2c3ccc(=O)cc-3oc3cc(O)ccc23)c(C(=O)O)c1)ON1C(=O)CCC1=O. The Hall–Kier alpha value is -6.00. The number of amides is 3. The Kier molecular flexibility index (Phi) is 28.9. The Bertz CT molecular complexity index is 2400. The van der Waals surface area contributed by atoms with E-state index in [2.05, 4.69) is 5.32 Å². The van der Waals surface area contributed by atoms with Crippen molar-refractivity contribution in [1.29, 1.82) is 0 Å². The molecule has 0 bridgehead atoms. The summed E-state index contributed by atoms with van der Waals surface area (Å²) in [7, 11) is 0. The second-order valence-corrected chi connectivity index (χ2v) is 16.3. The third-order valence-electron chi connectivity index (χ3n) is 10.7. The molecular formula is C52H68N2O22. The standard InChI is InChI=1S/C52H68N2O22/c55-39-2-5-42-45(36-39)75-46-37-40(56)3-6-43(46)50(42)41-4-1-38(35-44(41)52(61)62)51(60)53-10-12-64-14-16-66-18-20-68-22-24-70-26-28-72-30-32-74-34-33-73-31-29-71-27-25-69-23-21-67-19-17-65-15-13-63-11-9-49(59)76-54-47(57)7-8-48(54)58/h1-6,35-37,55H,7-34H2,(H,53,60)(H,61,62). The number of carboxylic acids is 1. The average molecular weight is 1070 g/mol. The summed E-state index contributed by atoms with van der Waals surface area (Å²) in [5.74, 6) is -3.33. The topological polar surface area (TPSA) is 291 Å². The van der Waals surface area contributed by atoms with Gasteiger partial charge in [-0.1, -0.05) is 6.07 Å². The molecule has 0 aromatic heterocycles. The number of hydrogen-bond donors (Lipinski definition) is 3. The number of imide groups is 1. The van der Waals surface area contributed by atoms with Gasteiger partial charge in [0.1, 0.15) is 17.1 Å². The van der Waals surface area contributed by atoms with Crippen molar-refractivity contribution in [3.63, 3.8) is 0 Å². The van der Waals surface area contributed by atoms with E-state index in [0.717, 1.165) is 0 Å². The van der Waals surface area contributed by atoms with Crippen molar-refractivity contribution in [2.45, 2.75) is 19.3 Å². The zero-order chi connectivity index (χ0) is 54.0. The van der Waals surface area contributed by atoms with Gasteiger partial charge in [0.15, 0.2) is 5.43 Å². The fourth-order valence-electron chi connectivity index (χ4n) is 7.05. The molecule has 2 aromatic carbocycles. The van der Waals surface area contributed by atoms with Crippen LogP contribution in [-0.2, 0) is 76.1 Å². The number of nitrogens with one attached hydrogen (secondary N) is 1. The second-order valence-electron chi connectivity index (χ2n) is 16.3. The number of rotatable bonds is 43. The zero-order valence-electron chi connectivity index (χ0n) is 42.5. The van der Waals surface area contributed by atoms with Crippen LogP contribution in [0.15, 0.2) is 63.8 Å². The number of hydrogen-bond acceptors (Lipinski definition) is 21. The van der Waals surface area contributed by atoms with E-state index in [-0.39, 0.29) is 79.3 Å².